The van der Waals surface area contributed by atoms with Gasteiger partial charge in [0.1, 0.15) is 17.1 Å². The van der Waals surface area contributed by atoms with Crippen LogP contribution in [0.5, 0.6) is 11.5 Å². The number of carbonyl (C=O) groups excluding carboxylic acids is 1. The fourth-order valence-corrected chi connectivity index (χ4v) is 4.42. The third-order valence-corrected chi connectivity index (χ3v) is 6.11. The molecule has 0 radical (unpaired) electrons. The van der Waals surface area contributed by atoms with E-state index in [1.54, 1.807) is 61.6 Å². The van der Waals surface area contributed by atoms with Crippen LogP contribution in [-0.2, 0) is 0 Å². The summed E-state index contributed by atoms with van der Waals surface area (Å²) in [5.41, 5.74) is 1.87. The molecule has 0 aliphatic carbocycles. The molecule has 0 saturated carbocycles. The molecule has 0 spiro atoms. The predicted octanol–water partition coefficient (Wildman–Crippen LogP) is 5.32. The van der Waals surface area contributed by atoms with Gasteiger partial charge in [0, 0.05) is 10.2 Å². The number of amides is 1. The van der Waals surface area contributed by atoms with Crippen LogP contribution in [0.15, 0.2) is 80.4 Å². The Kier molecular flexibility index (Phi) is 4.98. The molecule has 1 aliphatic rings. The van der Waals surface area contributed by atoms with Gasteiger partial charge in [0.05, 0.1) is 31.2 Å². The summed E-state index contributed by atoms with van der Waals surface area (Å²) < 4.78 is 17.3. The van der Waals surface area contributed by atoms with Crippen LogP contribution in [0.1, 0.15) is 27.7 Å². The molecule has 0 bridgehead atoms. The average Bonchev–Trinajstić information content (AvgIpc) is 3.12. The summed E-state index contributed by atoms with van der Waals surface area (Å²) in [6.07, 6.45) is 0. The van der Waals surface area contributed by atoms with Crippen LogP contribution in [0.2, 0.25) is 0 Å². The average molecular weight is 492 g/mol. The maximum absolute atomic E-state index is 13.6. The molecule has 1 aliphatic heterocycles. The zero-order valence-corrected chi connectivity index (χ0v) is 18.9. The van der Waals surface area contributed by atoms with E-state index in [0.717, 1.165) is 10.0 Å². The molecule has 0 saturated heterocycles. The first-order chi connectivity index (χ1) is 15.5. The molecule has 1 atom stereocenters. The number of hydrogen-bond donors (Lipinski definition) is 0. The molecule has 5 rings (SSSR count). The maximum Gasteiger partial charge on any atom is 0.295 e. The van der Waals surface area contributed by atoms with Gasteiger partial charge in [-0.1, -0.05) is 28.1 Å². The third-order valence-electron chi connectivity index (χ3n) is 5.61. The Bertz CT molecular complexity index is 1390. The van der Waals surface area contributed by atoms with Gasteiger partial charge in [-0.3, -0.25) is 14.5 Å². The number of halogens is 1. The highest BCUT2D eigenvalue weighted by atomic mass is 79.9. The summed E-state index contributed by atoms with van der Waals surface area (Å²) in [5.74, 6) is 1.04. The second kappa shape index (κ2) is 7.84. The summed E-state index contributed by atoms with van der Waals surface area (Å²) in [4.78, 5) is 28.7. The highest BCUT2D eigenvalue weighted by molar-refractivity contribution is 9.10. The lowest BCUT2D eigenvalue weighted by Gasteiger charge is -2.25. The summed E-state index contributed by atoms with van der Waals surface area (Å²) in [7, 11) is 3.17. The molecule has 32 heavy (non-hydrogen) atoms. The fourth-order valence-electron chi connectivity index (χ4n) is 4.06. The van der Waals surface area contributed by atoms with Crippen LogP contribution >= 0.6 is 15.9 Å². The number of rotatable bonds is 4. The van der Waals surface area contributed by atoms with Gasteiger partial charge in [-0.2, -0.15) is 0 Å². The van der Waals surface area contributed by atoms with Crippen molar-refractivity contribution in [2.45, 2.75) is 6.04 Å². The van der Waals surface area contributed by atoms with Gasteiger partial charge < -0.3 is 13.9 Å². The van der Waals surface area contributed by atoms with Crippen molar-refractivity contribution in [2.75, 3.05) is 19.1 Å². The number of nitrogens with zero attached hydrogens (tertiary/aromatic N) is 1. The van der Waals surface area contributed by atoms with Gasteiger partial charge in [-0.05, 0) is 60.2 Å². The van der Waals surface area contributed by atoms with Crippen LogP contribution in [-0.4, -0.2) is 20.1 Å². The van der Waals surface area contributed by atoms with E-state index in [0.29, 0.717) is 33.7 Å². The molecule has 3 aromatic carbocycles. The summed E-state index contributed by atoms with van der Waals surface area (Å²) in [6.45, 7) is 0. The normalized spacial score (nSPS) is 15.2. The summed E-state index contributed by atoms with van der Waals surface area (Å²) in [6, 6.07) is 19.0. The molecular weight excluding hydrogens is 474 g/mol. The van der Waals surface area contributed by atoms with Crippen molar-refractivity contribution in [1.82, 2.24) is 0 Å². The van der Waals surface area contributed by atoms with E-state index in [4.69, 9.17) is 13.9 Å². The Morgan fingerprint density at radius 2 is 1.50 bits per heavy atom. The van der Waals surface area contributed by atoms with Crippen molar-refractivity contribution in [3.8, 4) is 11.5 Å². The van der Waals surface area contributed by atoms with Crippen molar-refractivity contribution in [3.05, 3.63) is 98.3 Å². The Balaban J connectivity index is 1.77. The second-order valence-corrected chi connectivity index (χ2v) is 8.28. The zero-order chi connectivity index (χ0) is 22.4. The van der Waals surface area contributed by atoms with E-state index in [1.165, 1.54) is 0 Å². The molecule has 160 valence electrons. The van der Waals surface area contributed by atoms with Crippen molar-refractivity contribution >= 4 is 38.5 Å². The number of anilines is 1. The fraction of sp³-hybridized carbons (Fsp3) is 0.120. The number of fused-ring (bicyclic) bond motifs is 2. The Morgan fingerprint density at radius 3 is 2.12 bits per heavy atom. The van der Waals surface area contributed by atoms with Crippen molar-refractivity contribution in [1.29, 1.82) is 0 Å². The first-order valence-corrected chi connectivity index (χ1v) is 10.7. The number of hydrogen-bond acceptors (Lipinski definition) is 5. The second-order valence-electron chi connectivity index (χ2n) is 7.36. The lowest BCUT2D eigenvalue weighted by atomic mass is 9.98. The van der Waals surface area contributed by atoms with Crippen molar-refractivity contribution in [2.24, 2.45) is 0 Å². The van der Waals surface area contributed by atoms with E-state index >= 15 is 0 Å². The molecule has 6 nitrogen and oxygen atoms in total. The topological polar surface area (TPSA) is 69.0 Å². The van der Waals surface area contributed by atoms with E-state index < -0.39 is 6.04 Å². The highest BCUT2D eigenvalue weighted by Crippen LogP contribution is 2.42. The van der Waals surface area contributed by atoms with E-state index in [-0.39, 0.29) is 17.1 Å². The van der Waals surface area contributed by atoms with Crippen LogP contribution in [0.3, 0.4) is 0 Å². The molecule has 7 heteroatoms. The zero-order valence-electron chi connectivity index (χ0n) is 17.3. The predicted molar refractivity (Wildman–Crippen MR) is 125 cm³/mol. The molecule has 2 heterocycles. The van der Waals surface area contributed by atoms with Gasteiger partial charge >= 0.3 is 0 Å². The molecule has 1 amide bonds. The third kappa shape index (κ3) is 3.17. The van der Waals surface area contributed by atoms with Crippen molar-refractivity contribution in [3.63, 3.8) is 0 Å². The summed E-state index contributed by atoms with van der Waals surface area (Å²) >= 11 is 3.41. The largest absolute Gasteiger partial charge is 0.497 e. The molecule has 1 unspecified atom stereocenters. The van der Waals surface area contributed by atoms with Crippen LogP contribution in [0, 0.1) is 0 Å². The van der Waals surface area contributed by atoms with Gasteiger partial charge in [-0.15, -0.1) is 0 Å². The minimum absolute atomic E-state index is 0.0569. The molecule has 0 fully saturated rings. The van der Waals surface area contributed by atoms with Crippen LogP contribution < -0.4 is 19.8 Å². The minimum Gasteiger partial charge on any atom is -0.497 e. The first kappa shape index (κ1) is 20.3. The summed E-state index contributed by atoms with van der Waals surface area (Å²) in [5, 5.41) is 0.418. The monoisotopic (exact) mass is 491 g/mol. The molecular formula is C25H18BrNO5. The van der Waals surface area contributed by atoms with Crippen LogP contribution in [0.25, 0.3) is 11.0 Å². The smallest absolute Gasteiger partial charge is 0.295 e. The first-order valence-electron chi connectivity index (χ1n) is 9.89. The SMILES string of the molecule is COc1ccc(C2c3c(oc4ccc(Br)cc4c3=O)C(=O)N2c2ccc(OC)cc2)cc1. The standard InChI is InChI=1S/C25H18BrNO5/c1-30-17-8-3-14(4-9-17)22-21-23(28)19-13-15(26)5-12-20(19)32-24(21)25(29)27(22)16-6-10-18(31-2)11-7-16/h3-13,22H,1-2H3. The Morgan fingerprint density at radius 1 is 0.875 bits per heavy atom. The number of ether oxygens (including phenoxy) is 2. The van der Waals surface area contributed by atoms with E-state index in [9.17, 15) is 9.59 Å². The van der Waals surface area contributed by atoms with Gasteiger partial charge in [0.15, 0.2) is 5.43 Å². The van der Waals surface area contributed by atoms with E-state index in [1.807, 2.05) is 24.3 Å². The highest BCUT2D eigenvalue weighted by Gasteiger charge is 2.43. The lowest BCUT2D eigenvalue weighted by Crippen LogP contribution is -2.29. The number of benzene rings is 3. The maximum atomic E-state index is 13.6. The van der Waals surface area contributed by atoms with Crippen LogP contribution in [0.4, 0.5) is 5.69 Å². The number of carbonyl (C=O) groups is 1. The quantitative estimate of drug-likeness (QED) is 0.386. The van der Waals surface area contributed by atoms with E-state index in [2.05, 4.69) is 15.9 Å². The van der Waals surface area contributed by atoms with Gasteiger partial charge in [-0.25, -0.2) is 0 Å². The Hall–Kier alpha value is -3.58. The van der Waals surface area contributed by atoms with Crippen molar-refractivity contribution < 1.29 is 18.7 Å². The Labute approximate surface area is 192 Å². The molecule has 1 aromatic heterocycles. The molecule has 4 aromatic rings. The van der Waals surface area contributed by atoms with Gasteiger partial charge in [0.25, 0.3) is 5.91 Å². The van der Waals surface area contributed by atoms with Gasteiger partial charge in [0.2, 0.25) is 5.76 Å². The molecule has 0 N–H and O–H groups in total. The lowest BCUT2D eigenvalue weighted by molar-refractivity contribution is 0.0971. The number of methoxy groups -OCH3 is 2. The minimum atomic E-state index is -0.642.